The standard InChI is InChI=1S/C23H21N5O3S/c1-16-7-9-17(10-8-16)22-26-27-23(28(22)18-5-3-2-4-6-18)32-15-21(30)25-24-13-19-11-12-20(14-29)31-19/h2-13,29H,14-15H2,1H3,(H,25,30). The van der Waals surface area contributed by atoms with Gasteiger partial charge in [0.1, 0.15) is 18.1 Å². The number of nitrogens with one attached hydrogen (secondary N) is 1. The third kappa shape index (κ3) is 5.13. The van der Waals surface area contributed by atoms with Crippen molar-refractivity contribution in [2.24, 2.45) is 5.10 Å². The largest absolute Gasteiger partial charge is 0.458 e. The summed E-state index contributed by atoms with van der Waals surface area (Å²) in [4.78, 5) is 12.3. The second kappa shape index (κ2) is 10.1. The molecule has 0 saturated carbocycles. The highest BCUT2D eigenvalue weighted by Crippen LogP contribution is 2.28. The summed E-state index contributed by atoms with van der Waals surface area (Å²) in [5, 5.41) is 22.2. The van der Waals surface area contributed by atoms with Crippen molar-refractivity contribution >= 4 is 23.9 Å². The third-order valence-electron chi connectivity index (χ3n) is 4.51. The van der Waals surface area contributed by atoms with Crippen molar-refractivity contribution in [3.8, 4) is 17.1 Å². The molecule has 162 valence electrons. The van der Waals surface area contributed by atoms with E-state index in [2.05, 4.69) is 20.7 Å². The van der Waals surface area contributed by atoms with Crippen molar-refractivity contribution in [2.45, 2.75) is 18.7 Å². The number of aliphatic hydroxyl groups is 1. The van der Waals surface area contributed by atoms with Crippen LogP contribution in [0.1, 0.15) is 17.1 Å². The zero-order valence-corrected chi connectivity index (χ0v) is 18.1. The minimum absolute atomic E-state index is 0.107. The van der Waals surface area contributed by atoms with E-state index in [4.69, 9.17) is 9.52 Å². The minimum Gasteiger partial charge on any atom is -0.458 e. The van der Waals surface area contributed by atoms with Gasteiger partial charge in [-0.1, -0.05) is 59.8 Å². The van der Waals surface area contributed by atoms with Gasteiger partial charge in [0.25, 0.3) is 5.91 Å². The van der Waals surface area contributed by atoms with Crippen LogP contribution in [-0.4, -0.2) is 37.7 Å². The third-order valence-corrected chi connectivity index (χ3v) is 5.44. The highest BCUT2D eigenvalue weighted by atomic mass is 32.2. The van der Waals surface area contributed by atoms with Gasteiger partial charge in [0, 0.05) is 11.3 Å². The number of nitrogens with zero attached hydrogens (tertiary/aromatic N) is 4. The summed E-state index contributed by atoms with van der Waals surface area (Å²) in [5.74, 6) is 1.39. The van der Waals surface area contributed by atoms with Gasteiger partial charge in [-0.25, -0.2) is 5.43 Å². The Balaban J connectivity index is 1.48. The van der Waals surface area contributed by atoms with Crippen LogP contribution in [0.2, 0.25) is 0 Å². The lowest BCUT2D eigenvalue weighted by Crippen LogP contribution is -2.19. The molecule has 0 aliphatic carbocycles. The molecule has 0 bridgehead atoms. The Kier molecular flexibility index (Phi) is 6.78. The van der Waals surface area contributed by atoms with Gasteiger partial charge in [-0.15, -0.1) is 10.2 Å². The van der Waals surface area contributed by atoms with Crippen LogP contribution in [0.5, 0.6) is 0 Å². The number of carbonyl (C=O) groups is 1. The van der Waals surface area contributed by atoms with Gasteiger partial charge in [-0.3, -0.25) is 9.36 Å². The van der Waals surface area contributed by atoms with Gasteiger partial charge in [0.2, 0.25) is 0 Å². The molecule has 0 aliphatic heterocycles. The monoisotopic (exact) mass is 447 g/mol. The number of hydrogen-bond donors (Lipinski definition) is 2. The van der Waals surface area contributed by atoms with E-state index in [0.717, 1.165) is 16.8 Å². The molecule has 2 aromatic carbocycles. The maximum atomic E-state index is 12.3. The van der Waals surface area contributed by atoms with Crippen LogP contribution in [0.25, 0.3) is 17.1 Å². The predicted octanol–water partition coefficient (Wildman–Crippen LogP) is 3.57. The number of hydrazone groups is 1. The zero-order chi connectivity index (χ0) is 22.3. The first kappa shape index (κ1) is 21.5. The number of thioether (sulfide) groups is 1. The molecule has 0 fully saturated rings. The number of aryl methyl sites for hydroxylation is 1. The average Bonchev–Trinajstić information content (AvgIpc) is 3.46. The van der Waals surface area contributed by atoms with Crippen LogP contribution in [0, 0.1) is 6.92 Å². The molecule has 0 aliphatic rings. The van der Waals surface area contributed by atoms with E-state index >= 15 is 0 Å². The number of aromatic nitrogens is 3. The fourth-order valence-corrected chi connectivity index (χ4v) is 3.69. The lowest BCUT2D eigenvalue weighted by molar-refractivity contribution is -0.118. The second-order valence-electron chi connectivity index (χ2n) is 6.89. The Morgan fingerprint density at radius 1 is 1.12 bits per heavy atom. The topological polar surface area (TPSA) is 106 Å². The van der Waals surface area contributed by atoms with E-state index in [9.17, 15) is 4.79 Å². The van der Waals surface area contributed by atoms with E-state index < -0.39 is 0 Å². The van der Waals surface area contributed by atoms with E-state index in [1.807, 2.05) is 66.1 Å². The molecule has 0 atom stereocenters. The molecule has 8 nitrogen and oxygen atoms in total. The summed E-state index contributed by atoms with van der Waals surface area (Å²) >= 11 is 1.27. The number of benzene rings is 2. The first-order valence-electron chi connectivity index (χ1n) is 9.86. The number of para-hydroxylation sites is 1. The molecule has 2 heterocycles. The number of carbonyl (C=O) groups excluding carboxylic acids is 1. The molecule has 0 saturated heterocycles. The van der Waals surface area contributed by atoms with Gasteiger partial charge >= 0.3 is 0 Å². The normalized spacial score (nSPS) is 11.2. The minimum atomic E-state index is -0.292. The number of furan rings is 1. The molecule has 4 aromatic rings. The zero-order valence-electron chi connectivity index (χ0n) is 17.3. The molecular formula is C23H21N5O3S. The molecule has 2 N–H and O–H groups in total. The van der Waals surface area contributed by atoms with Gasteiger partial charge < -0.3 is 9.52 Å². The highest BCUT2D eigenvalue weighted by molar-refractivity contribution is 7.99. The molecule has 32 heavy (non-hydrogen) atoms. The van der Waals surface area contributed by atoms with Gasteiger partial charge in [0.05, 0.1) is 12.0 Å². The summed E-state index contributed by atoms with van der Waals surface area (Å²) in [6.07, 6.45) is 1.38. The second-order valence-corrected chi connectivity index (χ2v) is 7.83. The van der Waals surface area contributed by atoms with E-state index in [0.29, 0.717) is 22.5 Å². The molecular weight excluding hydrogens is 426 g/mol. The molecule has 0 radical (unpaired) electrons. The highest BCUT2D eigenvalue weighted by Gasteiger charge is 2.17. The molecule has 0 spiro atoms. The van der Waals surface area contributed by atoms with E-state index in [1.165, 1.54) is 18.0 Å². The van der Waals surface area contributed by atoms with Crippen LogP contribution in [0.3, 0.4) is 0 Å². The fourth-order valence-electron chi connectivity index (χ4n) is 2.94. The van der Waals surface area contributed by atoms with E-state index in [1.54, 1.807) is 12.1 Å². The fraction of sp³-hybridized carbons (Fsp3) is 0.130. The van der Waals surface area contributed by atoms with Crippen LogP contribution < -0.4 is 5.43 Å². The average molecular weight is 448 g/mol. The Bertz CT molecular complexity index is 1220. The molecule has 9 heteroatoms. The van der Waals surface area contributed by atoms with Gasteiger partial charge in [0.15, 0.2) is 11.0 Å². The number of aliphatic hydroxyl groups excluding tert-OH is 1. The quantitative estimate of drug-likeness (QED) is 0.243. The van der Waals surface area contributed by atoms with Crippen LogP contribution >= 0.6 is 11.8 Å². The number of hydrogen-bond acceptors (Lipinski definition) is 7. The molecule has 0 unspecified atom stereocenters. The molecule has 1 amide bonds. The summed E-state index contributed by atoms with van der Waals surface area (Å²) in [6, 6.07) is 21.1. The van der Waals surface area contributed by atoms with Crippen molar-refractivity contribution in [3.63, 3.8) is 0 Å². The Morgan fingerprint density at radius 3 is 2.62 bits per heavy atom. The van der Waals surface area contributed by atoms with Crippen LogP contribution in [-0.2, 0) is 11.4 Å². The first-order chi connectivity index (χ1) is 15.6. The van der Waals surface area contributed by atoms with Crippen molar-refractivity contribution in [1.82, 2.24) is 20.2 Å². The Hall–Kier alpha value is -3.69. The summed E-state index contributed by atoms with van der Waals surface area (Å²) < 4.78 is 7.22. The lowest BCUT2D eigenvalue weighted by atomic mass is 10.1. The number of rotatable bonds is 8. The lowest BCUT2D eigenvalue weighted by Gasteiger charge is -2.10. The van der Waals surface area contributed by atoms with Crippen molar-refractivity contribution in [3.05, 3.63) is 83.8 Å². The Morgan fingerprint density at radius 2 is 1.91 bits per heavy atom. The van der Waals surface area contributed by atoms with E-state index in [-0.39, 0.29) is 18.3 Å². The molecule has 2 aromatic heterocycles. The van der Waals surface area contributed by atoms with Gasteiger partial charge in [-0.05, 0) is 31.2 Å². The van der Waals surface area contributed by atoms with Crippen molar-refractivity contribution in [2.75, 3.05) is 5.75 Å². The van der Waals surface area contributed by atoms with Crippen molar-refractivity contribution in [1.29, 1.82) is 0 Å². The van der Waals surface area contributed by atoms with Gasteiger partial charge in [-0.2, -0.15) is 5.10 Å². The van der Waals surface area contributed by atoms with Crippen molar-refractivity contribution < 1.29 is 14.3 Å². The smallest absolute Gasteiger partial charge is 0.250 e. The summed E-state index contributed by atoms with van der Waals surface area (Å²) in [5.41, 5.74) is 5.47. The SMILES string of the molecule is Cc1ccc(-c2nnc(SCC(=O)NN=Cc3ccc(CO)o3)n2-c2ccccc2)cc1. The van der Waals surface area contributed by atoms with Crippen LogP contribution in [0.15, 0.2) is 81.4 Å². The summed E-state index contributed by atoms with van der Waals surface area (Å²) in [6.45, 7) is 1.84. The Labute approximate surface area is 189 Å². The van der Waals surface area contributed by atoms with Crippen LogP contribution in [0.4, 0.5) is 0 Å². The number of amides is 1. The maximum Gasteiger partial charge on any atom is 0.250 e. The molecule has 4 rings (SSSR count). The first-order valence-corrected chi connectivity index (χ1v) is 10.8. The maximum absolute atomic E-state index is 12.3. The summed E-state index contributed by atoms with van der Waals surface area (Å²) in [7, 11) is 0. The predicted molar refractivity (Wildman–Crippen MR) is 123 cm³/mol.